The first-order valence-electron chi connectivity index (χ1n) is 8.31. The van der Waals surface area contributed by atoms with Gasteiger partial charge in [-0.3, -0.25) is 0 Å². The van der Waals surface area contributed by atoms with Gasteiger partial charge in [-0.15, -0.1) is 0 Å². The summed E-state index contributed by atoms with van der Waals surface area (Å²) in [7, 11) is 0. The summed E-state index contributed by atoms with van der Waals surface area (Å²) in [6.45, 7) is 11.5. The Hall–Kier alpha value is -1.30. The monoisotopic (exact) mass is 369 g/mol. The van der Waals surface area contributed by atoms with Crippen molar-refractivity contribution in [1.29, 1.82) is 0 Å². The zero-order valence-corrected chi connectivity index (χ0v) is 16.4. The predicted octanol–water partition coefficient (Wildman–Crippen LogP) is 4.89. The molecule has 0 amide bonds. The summed E-state index contributed by atoms with van der Waals surface area (Å²) in [5.41, 5.74) is 7.31. The van der Waals surface area contributed by atoms with Gasteiger partial charge >= 0.3 is 149 Å². The normalized spacial score (nSPS) is 16.7. The molecule has 2 aromatic carbocycles. The first-order chi connectivity index (χ1) is 10.7. The third-order valence-electron chi connectivity index (χ3n) is 4.89. The van der Waals surface area contributed by atoms with Crippen LogP contribution in [0.15, 0.2) is 48.5 Å². The van der Waals surface area contributed by atoms with Gasteiger partial charge in [-0.05, 0) is 0 Å². The fourth-order valence-corrected chi connectivity index (χ4v) is 3.71. The standard InChI is InChI=1S/C22H25Se/c1-21(2,3)16-8-6-15(7-9-16)18-12-13-22(4,5)20-14-17(23)10-11-19(18)20/h6-12,14H,13H2,1-5H3. The first-order valence-corrected chi connectivity index (χ1v) is 9.17. The summed E-state index contributed by atoms with van der Waals surface area (Å²) < 4.78 is 1.22. The Balaban J connectivity index is 2.07. The molecule has 0 unspecified atom stereocenters. The Labute approximate surface area is 148 Å². The molecule has 0 bridgehead atoms. The van der Waals surface area contributed by atoms with Crippen LogP contribution in [0.1, 0.15) is 63.3 Å². The summed E-state index contributed by atoms with van der Waals surface area (Å²) in [6.07, 6.45) is 3.49. The van der Waals surface area contributed by atoms with E-state index in [1.807, 2.05) is 0 Å². The summed E-state index contributed by atoms with van der Waals surface area (Å²) in [5.74, 6) is 0. The maximum absolute atomic E-state index is 3.15. The minimum absolute atomic E-state index is 0.198. The topological polar surface area (TPSA) is 0 Å². The van der Waals surface area contributed by atoms with Gasteiger partial charge in [0.2, 0.25) is 0 Å². The molecule has 0 saturated carbocycles. The van der Waals surface area contributed by atoms with Crippen molar-refractivity contribution in [3.8, 4) is 0 Å². The molecule has 119 valence electrons. The van der Waals surface area contributed by atoms with Gasteiger partial charge in [0, 0.05) is 0 Å². The van der Waals surface area contributed by atoms with Gasteiger partial charge in [0.1, 0.15) is 0 Å². The van der Waals surface area contributed by atoms with Crippen LogP contribution in [0.25, 0.3) is 5.57 Å². The Morgan fingerprint density at radius 2 is 1.61 bits per heavy atom. The van der Waals surface area contributed by atoms with Crippen LogP contribution >= 0.6 is 0 Å². The molecule has 0 spiro atoms. The molecular weight excluding hydrogens is 343 g/mol. The molecule has 0 fully saturated rings. The SMILES string of the molecule is CC(C)(C)c1ccc(C2=CCC(C)(C)c3cc([Se])ccc32)cc1. The van der Waals surface area contributed by atoms with Gasteiger partial charge < -0.3 is 0 Å². The van der Waals surface area contributed by atoms with Crippen molar-refractivity contribution >= 4 is 26.0 Å². The second-order valence-electron chi connectivity index (χ2n) is 8.24. The van der Waals surface area contributed by atoms with Crippen molar-refractivity contribution in [3.05, 3.63) is 70.8 Å². The molecule has 1 aliphatic rings. The summed E-state index contributed by atoms with van der Waals surface area (Å²) in [6, 6.07) is 15.9. The molecule has 2 aromatic rings. The Bertz CT molecular complexity index is 756. The van der Waals surface area contributed by atoms with Crippen molar-refractivity contribution in [1.82, 2.24) is 0 Å². The number of benzene rings is 2. The van der Waals surface area contributed by atoms with Crippen LogP contribution in [0.4, 0.5) is 0 Å². The van der Waals surface area contributed by atoms with Gasteiger partial charge in [0.05, 0.1) is 0 Å². The molecule has 1 heteroatoms. The number of allylic oxidation sites excluding steroid dienone is 1. The third-order valence-corrected chi connectivity index (χ3v) is 5.42. The average Bonchev–Trinajstić information content (AvgIpc) is 2.47. The summed E-state index contributed by atoms with van der Waals surface area (Å²) in [4.78, 5) is 0. The second-order valence-corrected chi connectivity index (χ2v) is 9.23. The van der Waals surface area contributed by atoms with E-state index in [1.54, 1.807) is 0 Å². The predicted molar refractivity (Wildman–Crippen MR) is 102 cm³/mol. The number of fused-ring (bicyclic) bond motifs is 1. The van der Waals surface area contributed by atoms with Crippen molar-refractivity contribution in [3.63, 3.8) is 0 Å². The first kappa shape index (κ1) is 16.6. The van der Waals surface area contributed by atoms with E-state index in [0.717, 1.165) is 6.42 Å². The molecule has 0 aliphatic heterocycles. The van der Waals surface area contributed by atoms with Gasteiger partial charge in [0.25, 0.3) is 0 Å². The number of rotatable bonds is 1. The summed E-state index contributed by atoms with van der Waals surface area (Å²) in [5, 5.41) is 0. The van der Waals surface area contributed by atoms with Gasteiger partial charge in [-0.1, -0.05) is 0 Å². The van der Waals surface area contributed by atoms with E-state index in [1.165, 1.54) is 32.3 Å². The van der Waals surface area contributed by atoms with Crippen LogP contribution in [0.5, 0.6) is 0 Å². The van der Waals surface area contributed by atoms with Gasteiger partial charge in [-0.25, -0.2) is 0 Å². The van der Waals surface area contributed by atoms with E-state index in [2.05, 4.69) is 99.2 Å². The number of hydrogen-bond acceptors (Lipinski definition) is 0. The van der Waals surface area contributed by atoms with Crippen LogP contribution in [0, 0.1) is 0 Å². The molecule has 3 rings (SSSR count). The summed E-state index contributed by atoms with van der Waals surface area (Å²) >= 11 is 3.15. The van der Waals surface area contributed by atoms with E-state index < -0.39 is 0 Å². The number of hydrogen-bond donors (Lipinski definition) is 0. The van der Waals surface area contributed by atoms with E-state index in [4.69, 9.17) is 0 Å². The van der Waals surface area contributed by atoms with Crippen LogP contribution in [0.3, 0.4) is 0 Å². The van der Waals surface area contributed by atoms with Crippen LogP contribution in [0.2, 0.25) is 0 Å². The zero-order valence-electron chi connectivity index (χ0n) is 14.7. The Morgan fingerprint density at radius 3 is 2.22 bits per heavy atom. The van der Waals surface area contributed by atoms with Crippen LogP contribution < -0.4 is 4.46 Å². The van der Waals surface area contributed by atoms with Crippen molar-refractivity contribution in [2.75, 3.05) is 0 Å². The second kappa shape index (κ2) is 5.65. The van der Waals surface area contributed by atoms with E-state index in [-0.39, 0.29) is 10.8 Å². The van der Waals surface area contributed by atoms with E-state index in [0.29, 0.717) is 0 Å². The zero-order chi connectivity index (χ0) is 16.8. The molecule has 0 N–H and O–H groups in total. The molecular formula is C22H25Se. The Morgan fingerprint density at radius 1 is 0.957 bits per heavy atom. The molecule has 0 atom stereocenters. The molecule has 23 heavy (non-hydrogen) atoms. The van der Waals surface area contributed by atoms with Crippen molar-refractivity contribution < 1.29 is 0 Å². The van der Waals surface area contributed by atoms with Crippen LogP contribution in [-0.4, -0.2) is 16.0 Å². The molecule has 0 nitrogen and oxygen atoms in total. The van der Waals surface area contributed by atoms with Gasteiger partial charge in [0.15, 0.2) is 0 Å². The minimum atomic E-state index is 0.198. The third kappa shape index (κ3) is 3.18. The van der Waals surface area contributed by atoms with Gasteiger partial charge in [-0.2, -0.15) is 0 Å². The quantitative estimate of drug-likeness (QED) is 0.629. The fraction of sp³-hybridized carbons (Fsp3) is 0.364. The van der Waals surface area contributed by atoms with E-state index in [9.17, 15) is 0 Å². The van der Waals surface area contributed by atoms with Crippen LogP contribution in [-0.2, 0) is 10.8 Å². The average molecular weight is 368 g/mol. The molecule has 1 radical (unpaired) electrons. The maximum atomic E-state index is 3.15. The molecule has 0 heterocycles. The van der Waals surface area contributed by atoms with E-state index >= 15 is 0 Å². The molecule has 0 saturated heterocycles. The molecule has 0 aromatic heterocycles. The molecule has 1 aliphatic carbocycles. The Kier molecular flexibility index (Phi) is 4.07. The van der Waals surface area contributed by atoms with Crippen molar-refractivity contribution in [2.45, 2.75) is 51.9 Å². The van der Waals surface area contributed by atoms with Crippen molar-refractivity contribution in [2.24, 2.45) is 0 Å². The fourth-order valence-electron chi connectivity index (χ4n) is 3.32.